The van der Waals surface area contributed by atoms with Crippen LogP contribution in [0.15, 0.2) is 48.6 Å². The van der Waals surface area contributed by atoms with E-state index in [0.29, 0.717) is 0 Å². The molecule has 0 spiro atoms. The molecule has 0 aliphatic carbocycles. The summed E-state index contributed by atoms with van der Waals surface area (Å²) in [4.78, 5) is 2.22. The van der Waals surface area contributed by atoms with Crippen molar-refractivity contribution in [2.75, 3.05) is 40.5 Å². The fourth-order valence-electron chi connectivity index (χ4n) is 6.02. The van der Waals surface area contributed by atoms with E-state index in [-0.39, 0.29) is 6.10 Å². The van der Waals surface area contributed by atoms with Gasteiger partial charge in [0.15, 0.2) is 0 Å². The van der Waals surface area contributed by atoms with E-state index >= 15 is 0 Å². The van der Waals surface area contributed by atoms with Crippen LogP contribution in [-0.4, -0.2) is 51.5 Å². The predicted octanol–water partition coefficient (Wildman–Crippen LogP) is 14.1. The van der Waals surface area contributed by atoms with Gasteiger partial charge < -0.3 is 14.4 Å². The molecule has 3 heteroatoms. The summed E-state index contributed by atoms with van der Waals surface area (Å²) < 4.78 is 12.3. The van der Waals surface area contributed by atoms with Crippen LogP contribution in [0.2, 0.25) is 0 Å². The van der Waals surface area contributed by atoms with Gasteiger partial charge in [0.2, 0.25) is 0 Å². The highest BCUT2D eigenvalue weighted by Crippen LogP contribution is 2.12. The number of rotatable bonds is 39. The van der Waals surface area contributed by atoms with Gasteiger partial charge in [-0.1, -0.05) is 165 Å². The Bertz CT molecular complexity index is 710. The minimum absolute atomic E-state index is 0.192. The van der Waals surface area contributed by atoms with Gasteiger partial charge in [-0.25, -0.2) is 0 Å². The van der Waals surface area contributed by atoms with E-state index in [0.717, 1.165) is 39.2 Å². The lowest BCUT2D eigenvalue weighted by molar-refractivity contribution is -0.0287. The normalized spacial score (nSPS) is 13.1. The van der Waals surface area contributed by atoms with Crippen molar-refractivity contribution in [1.29, 1.82) is 0 Å². The Morgan fingerprint density at radius 1 is 0.417 bits per heavy atom. The molecule has 1 unspecified atom stereocenters. The zero-order valence-electron chi connectivity index (χ0n) is 33.1. The average molecular weight is 672 g/mol. The van der Waals surface area contributed by atoms with Gasteiger partial charge in [0, 0.05) is 19.8 Å². The van der Waals surface area contributed by atoms with Crippen LogP contribution in [-0.2, 0) is 9.47 Å². The highest BCUT2D eigenvalue weighted by molar-refractivity contribution is 4.93. The number of likely N-dealkylation sites (N-methyl/N-ethyl adjacent to an activating group) is 1. The lowest BCUT2D eigenvalue weighted by Gasteiger charge is -2.21. The predicted molar refractivity (Wildman–Crippen MR) is 216 cm³/mol. The van der Waals surface area contributed by atoms with Crippen molar-refractivity contribution in [3.63, 3.8) is 0 Å². The monoisotopic (exact) mass is 672 g/mol. The first-order chi connectivity index (χ1) is 23.7. The van der Waals surface area contributed by atoms with Crippen LogP contribution in [0.4, 0.5) is 0 Å². The zero-order valence-corrected chi connectivity index (χ0v) is 33.1. The maximum atomic E-state index is 6.24. The van der Waals surface area contributed by atoms with E-state index in [1.807, 2.05) is 0 Å². The summed E-state index contributed by atoms with van der Waals surface area (Å²) in [6, 6.07) is 0. The molecule has 282 valence electrons. The number of ether oxygens (including phenoxy) is 2. The van der Waals surface area contributed by atoms with Crippen LogP contribution in [0.25, 0.3) is 0 Å². The van der Waals surface area contributed by atoms with Gasteiger partial charge in [-0.15, -0.1) is 0 Å². The Kier molecular flexibility index (Phi) is 41.0. The second kappa shape index (κ2) is 42.0. The first-order valence-electron chi connectivity index (χ1n) is 21.1. The van der Waals surface area contributed by atoms with Crippen LogP contribution < -0.4 is 0 Å². The first kappa shape index (κ1) is 46.8. The molecule has 48 heavy (non-hydrogen) atoms. The van der Waals surface area contributed by atoms with Crippen molar-refractivity contribution in [1.82, 2.24) is 4.90 Å². The molecule has 0 aliphatic heterocycles. The van der Waals surface area contributed by atoms with Crippen molar-refractivity contribution in [3.8, 4) is 0 Å². The van der Waals surface area contributed by atoms with E-state index in [4.69, 9.17) is 9.47 Å². The van der Waals surface area contributed by atoms with Crippen molar-refractivity contribution in [2.45, 2.75) is 200 Å². The highest BCUT2D eigenvalue weighted by atomic mass is 16.5. The van der Waals surface area contributed by atoms with Crippen molar-refractivity contribution in [2.24, 2.45) is 0 Å². The second-order valence-electron chi connectivity index (χ2n) is 14.4. The number of nitrogens with zero attached hydrogens (tertiary/aromatic N) is 1. The third kappa shape index (κ3) is 41.0. The SMILES string of the molecule is CCCCC/C=C\C/C=C\CCCCCCCCCCOCC(CN(C)C)OCCCCCCCCCC/C=C\C/C=C\CCCCC. The van der Waals surface area contributed by atoms with Gasteiger partial charge in [-0.3, -0.25) is 0 Å². The third-order valence-electron chi connectivity index (χ3n) is 9.06. The molecule has 1 atom stereocenters. The highest BCUT2D eigenvalue weighted by Gasteiger charge is 2.10. The Balaban J connectivity index is 3.53. The Labute approximate surface area is 302 Å². The van der Waals surface area contributed by atoms with Crippen LogP contribution in [0.3, 0.4) is 0 Å². The number of hydrogen-bond donors (Lipinski definition) is 0. The van der Waals surface area contributed by atoms with Crippen molar-refractivity contribution in [3.05, 3.63) is 48.6 Å². The van der Waals surface area contributed by atoms with Gasteiger partial charge >= 0.3 is 0 Å². The van der Waals surface area contributed by atoms with Gasteiger partial charge in [0.05, 0.1) is 12.7 Å². The topological polar surface area (TPSA) is 21.7 Å². The van der Waals surface area contributed by atoms with E-state index in [2.05, 4.69) is 81.5 Å². The largest absolute Gasteiger partial charge is 0.379 e. The zero-order chi connectivity index (χ0) is 34.9. The van der Waals surface area contributed by atoms with Crippen LogP contribution in [0.1, 0.15) is 194 Å². The summed E-state index contributed by atoms with van der Waals surface area (Å²) in [5.74, 6) is 0. The van der Waals surface area contributed by atoms with Gasteiger partial charge in [-0.2, -0.15) is 0 Å². The summed E-state index contributed by atoms with van der Waals surface area (Å²) in [5, 5.41) is 0. The fourth-order valence-corrected chi connectivity index (χ4v) is 6.02. The lowest BCUT2D eigenvalue weighted by Crippen LogP contribution is -2.32. The maximum absolute atomic E-state index is 6.24. The van der Waals surface area contributed by atoms with Crippen molar-refractivity contribution >= 4 is 0 Å². The summed E-state index contributed by atoms with van der Waals surface area (Å²) in [6.45, 7) is 7.95. The summed E-state index contributed by atoms with van der Waals surface area (Å²) >= 11 is 0. The molecule has 0 amide bonds. The molecule has 0 rings (SSSR count). The molecule has 0 aromatic carbocycles. The lowest BCUT2D eigenvalue weighted by atomic mass is 10.1. The van der Waals surface area contributed by atoms with E-state index < -0.39 is 0 Å². The van der Waals surface area contributed by atoms with E-state index in [9.17, 15) is 0 Å². The van der Waals surface area contributed by atoms with Crippen LogP contribution in [0.5, 0.6) is 0 Å². The molecular weight excluding hydrogens is 587 g/mol. The Morgan fingerprint density at radius 3 is 1.17 bits per heavy atom. The molecule has 0 aromatic heterocycles. The van der Waals surface area contributed by atoms with E-state index in [1.54, 1.807) is 0 Å². The molecule has 0 bridgehead atoms. The molecule has 0 fully saturated rings. The Hall–Kier alpha value is -1.16. The summed E-state index contributed by atoms with van der Waals surface area (Å²) in [5.41, 5.74) is 0. The number of unbranched alkanes of at least 4 members (excludes halogenated alkanes) is 22. The number of hydrogen-bond acceptors (Lipinski definition) is 3. The molecule has 0 heterocycles. The smallest absolute Gasteiger partial charge is 0.0934 e. The summed E-state index contributed by atoms with van der Waals surface area (Å²) in [6.07, 6.45) is 55.6. The van der Waals surface area contributed by atoms with E-state index in [1.165, 1.54) is 167 Å². The first-order valence-corrected chi connectivity index (χ1v) is 21.1. The average Bonchev–Trinajstić information content (AvgIpc) is 3.08. The molecule has 0 aliphatic rings. The molecule has 0 N–H and O–H groups in total. The fraction of sp³-hybridized carbons (Fsp3) is 0.822. The Morgan fingerprint density at radius 2 is 0.771 bits per heavy atom. The van der Waals surface area contributed by atoms with Crippen molar-refractivity contribution < 1.29 is 9.47 Å². The third-order valence-corrected chi connectivity index (χ3v) is 9.06. The van der Waals surface area contributed by atoms with Crippen LogP contribution in [0, 0.1) is 0 Å². The van der Waals surface area contributed by atoms with Gasteiger partial charge in [0.25, 0.3) is 0 Å². The number of allylic oxidation sites excluding steroid dienone is 8. The van der Waals surface area contributed by atoms with Gasteiger partial charge in [-0.05, 0) is 91.1 Å². The second-order valence-corrected chi connectivity index (χ2v) is 14.4. The molecule has 0 saturated carbocycles. The quantitative estimate of drug-likeness (QED) is 0.0479. The maximum Gasteiger partial charge on any atom is 0.0934 e. The standard InChI is InChI=1S/C45H85NO2/c1-5-7-9-11-13-15-17-19-21-23-25-27-29-31-33-35-37-39-41-47-44-45(43-46(3)4)48-42-40-38-36-34-32-30-28-26-24-22-20-18-16-14-12-10-8-6-2/h13-16,19-22,45H,5-12,17-18,23-44H2,1-4H3/b15-13-,16-14-,21-19-,22-20-. The van der Waals surface area contributed by atoms with Crippen LogP contribution >= 0.6 is 0 Å². The molecule has 0 aromatic rings. The van der Waals surface area contributed by atoms with Gasteiger partial charge in [0.1, 0.15) is 0 Å². The summed E-state index contributed by atoms with van der Waals surface area (Å²) in [7, 11) is 4.26. The minimum atomic E-state index is 0.192. The molecule has 0 saturated heterocycles. The molecule has 3 nitrogen and oxygen atoms in total. The minimum Gasteiger partial charge on any atom is -0.379 e. The molecular formula is C45H85NO2. The molecule has 0 radical (unpaired) electrons.